The molecule has 3 atom stereocenters. The minimum absolute atomic E-state index is 0.168. The lowest BCUT2D eigenvalue weighted by atomic mass is 10.0. The van der Waals surface area contributed by atoms with E-state index in [1.54, 1.807) is 0 Å². The van der Waals surface area contributed by atoms with E-state index < -0.39 is 23.1 Å². The molecule has 0 spiro atoms. The Morgan fingerprint density at radius 2 is 2.05 bits per heavy atom. The van der Waals surface area contributed by atoms with Gasteiger partial charge in [-0.15, -0.1) is 12.6 Å². The van der Waals surface area contributed by atoms with Crippen molar-refractivity contribution in [1.82, 2.24) is 16.0 Å². The van der Waals surface area contributed by atoms with Crippen LogP contribution in [0.2, 0.25) is 0 Å². The number of nitrogens with one attached hydrogen (secondary N) is 3. The van der Waals surface area contributed by atoms with Crippen molar-refractivity contribution >= 4 is 42.2 Å². The molecule has 1 heterocycles. The Hall–Kier alpha value is -0.730. The van der Waals surface area contributed by atoms with Crippen molar-refractivity contribution in [2.24, 2.45) is 0 Å². The molecule has 3 N–H and O–H groups in total. The summed E-state index contributed by atoms with van der Waals surface area (Å²) in [5.41, 5.74) is 0. The van der Waals surface area contributed by atoms with E-state index in [1.165, 1.54) is 0 Å². The number of rotatable bonds is 7. The number of piperazine rings is 1. The summed E-state index contributed by atoms with van der Waals surface area (Å²) in [6.07, 6.45) is 2.73. The maximum atomic E-state index is 12.0. The van der Waals surface area contributed by atoms with Gasteiger partial charge >= 0.3 is 0 Å². The van der Waals surface area contributed by atoms with E-state index in [2.05, 4.69) is 48.1 Å². The molecule has 0 aromatic heterocycles. The quantitative estimate of drug-likeness (QED) is 0.434. The van der Waals surface area contributed by atoms with Gasteiger partial charge in [0.1, 0.15) is 12.1 Å². The van der Waals surface area contributed by atoms with Gasteiger partial charge in [0.2, 0.25) is 16.9 Å². The summed E-state index contributed by atoms with van der Waals surface area (Å²) < 4.78 is 0. The van der Waals surface area contributed by atoms with E-state index in [4.69, 9.17) is 0 Å². The Morgan fingerprint density at radius 1 is 1.41 bits per heavy atom. The first-order valence-electron chi connectivity index (χ1n) is 7.67. The maximum Gasteiger partial charge on any atom is 0.244 e. The second-order valence-corrected chi connectivity index (χ2v) is 5.55. The molecule has 0 radical (unpaired) electrons. The number of amides is 2. The van der Waals surface area contributed by atoms with Gasteiger partial charge < -0.3 is 16.0 Å². The van der Waals surface area contributed by atoms with Crippen molar-refractivity contribution < 1.29 is 14.4 Å². The van der Waals surface area contributed by atoms with Crippen LogP contribution in [0.15, 0.2) is 0 Å². The molecule has 1 rings (SSSR count). The first kappa shape index (κ1) is 21.3. The fraction of sp³-hybridized carbons (Fsp3) is 0.786. The summed E-state index contributed by atoms with van der Waals surface area (Å²) in [6, 6.07) is -1.66. The Labute approximate surface area is 143 Å². The maximum absolute atomic E-state index is 12.0. The monoisotopic (exact) mass is 349 g/mol. The van der Waals surface area contributed by atoms with Crippen LogP contribution in [-0.2, 0) is 14.4 Å². The largest absolute Gasteiger partial charge is 0.343 e. The van der Waals surface area contributed by atoms with Crippen LogP contribution in [0.5, 0.6) is 0 Å². The molecule has 8 heteroatoms. The SMILES string of the molecule is CC.CCCCC1NCC(C(=O)N[C@@H](CS)C(=O)S)NC1=O. The summed E-state index contributed by atoms with van der Waals surface area (Å²) in [5, 5.41) is 7.79. The molecule has 0 aromatic carbocycles. The third-order valence-corrected chi connectivity index (χ3v) is 3.84. The Kier molecular flexibility index (Phi) is 11.4. The summed E-state index contributed by atoms with van der Waals surface area (Å²) in [6.45, 7) is 6.41. The fourth-order valence-corrected chi connectivity index (χ4v) is 2.49. The number of unbranched alkanes of at least 4 members (excludes halogenated alkanes) is 1. The van der Waals surface area contributed by atoms with E-state index in [9.17, 15) is 14.4 Å². The van der Waals surface area contributed by atoms with E-state index >= 15 is 0 Å². The van der Waals surface area contributed by atoms with Gasteiger partial charge in [0, 0.05) is 12.3 Å². The molecule has 0 aromatic rings. The molecule has 0 saturated carbocycles. The second-order valence-electron chi connectivity index (χ2n) is 4.75. The molecule has 1 aliphatic heterocycles. The molecule has 6 nitrogen and oxygen atoms in total. The van der Waals surface area contributed by atoms with Crippen molar-refractivity contribution in [2.75, 3.05) is 12.3 Å². The number of thiol groups is 2. The van der Waals surface area contributed by atoms with Crippen LogP contribution >= 0.6 is 25.3 Å². The van der Waals surface area contributed by atoms with Crippen LogP contribution in [0, 0.1) is 0 Å². The first-order valence-corrected chi connectivity index (χ1v) is 8.75. The predicted molar refractivity (Wildman–Crippen MR) is 94.4 cm³/mol. The molecule has 0 aliphatic carbocycles. The zero-order valence-electron chi connectivity index (χ0n) is 13.4. The molecule has 1 saturated heterocycles. The normalized spacial score (nSPS) is 22.0. The van der Waals surface area contributed by atoms with Gasteiger partial charge in [-0.3, -0.25) is 14.4 Å². The van der Waals surface area contributed by atoms with E-state index in [0.29, 0.717) is 6.54 Å². The van der Waals surface area contributed by atoms with Gasteiger partial charge in [-0.1, -0.05) is 33.6 Å². The van der Waals surface area contributed by atoms with Crippen molar-refractivity contribution in [2.45, 2.75) is 58.2 Å². The van der Waals surface area contributed by atoms with Crippen LogP contribution < -0.4 is 16.0 Å². The third-order valence-electron chi connectivity index (χ3n) is 3.16. The lowest BCUT2D eigenvalue weighted by Crippen LogP contribution is -2.63. The second kappa shape index (κ2) is 11.8. The lowest BCUT2D eigenvalue weighted by Gasteiger charge is -2.30. The topological polar surface area (TPSA) is 87.3 Å². The number of hydrogen-bond donors (Lipinski definition) is 5. The highest BCUT2D eigenvalue weighted by Crippen LogP contribution is 2.05. The summed E-state index contributed by atoms with van der Waals surface area (Å²) >= 11 is 7.65. The lowest BCUT2D eigenvalue weighted by molar-refractivity contribution is -0.133. The van der Waals surface area contributed by atoms with Crippen LogP contribution in [0.25, 0.3) is 0 Å². The van der Waals surface area contributed by atoms with Crippen LogP contribution in [-0.4, -0.2) is 47.4 Å². The van der Waals surface area contributed by atoms with Gasteiger partial charge in [0.15, 0.2) is 0 Å². The van der Waals surface area contributed by atoms with Crippen LogP contribution in [0.3, 0.4) is 0 Å². The standard InChI is InChI=1S/C12H21N3O3S2.C2H6/c1-2-3-4-7-10(16)14-8(5-13-7)11(17)15-9(6-19)12(18)20;1-2/h7-9,13,19H,2-6H2,1H3,(H,14,16)(H,15,17)(H,18,20);1-2H3/t7?,8?,9-;/m0./s1. The van der Waals surface area contributed by atoms with E-state index in [0.717, 1.165) is 19.3 Å². The number of hydrogen-bond acceptors (Lipinski definition) is 5. The van der Waals surface area contributed by atoms with Gasteiger partial charge in [-0.25, -0.2) is 0 Å². The average Bonchev–Trinajstić information content (AvgIpc) is 2.52. The highest BCUT2D eigenvalue weighted by Gasteiger charge is 2.32. The molecule has 2 unspecified atom stereocenters. The Morgan fingerprint density at radius 3 is 2.50 bits per heavy atom. The predicted octanol–water partition coefficient (Wildman–Crippen LogP) is 0.530. The molecule has 0 bridgehead atoms. The zero-order chi connectivity index (χ0) is 17.1. The minimum atomic E-state index is -0.746. The van der Waals surface area contributed by atoms with E-state index in [1.807, 2.05) is 13.8 Å². The van der Waals surface area contributed by atoms with Gasteiger partial charge in [-0.05, 0) is 6.42 Å². The summed E-state index contributed by atoms with van der Waals surface area (Å²) in [5.74, 6) is -0.410. The molecule has 1 fully saturated rings. The first-order chi connectivity index (χ1) is 10.5. The number of carbonyl (C=O) groups excluding carboxylic acids is 3. The Bertz CT molecular complexity index is 380. The minimum Gasteiger partial charge on any atom is -0.343 e. The molecule has 2 amide bonds. The molecular formula is C14H27N3O3S2. The van der Waals surface area contributed by atoms with E-state index in [-0.39, 0.29) is 17.7 Å². The zero-order valence-corrected chi connectivity index (χ0v) is 15.2. The number of carbonyl (C=O) groups is 3. The van der Waals surface area contributed by atoms with Crippen molar-refractivity contribution in [1.29, 1.82) is 0 Å². The van der Waals surface area contributed by atoms with Gasteiger partial charge in [0.25, 0.3) is 0 Å². The highest BCUT2D eigenvalue weighted by molar-refractivity contribution is 7.96. The average molecular weight is 350 g/mol. The third kappa shape index (κ3) is 7.02. The van der Waals surface area contributed by atoms with Gasteiger partial charge in [0.05, 0.1) is 6.04 Å². The van der Waals surface area contributed by atoms with Crippen molar-refractivity contribution in [3.8, 4) is 0 Å². The van der Waals surface area contributed by atoms with Crippen LogP contribution in [0.1, 0.15) is 40.0 Å². The van der Waals surface area contributed by atoms with Crippen molar-refractivity contribution in [3.05, 3.63) is 0 Å². The van der Waals surface area contributed by atoms with Crippen molar-refractivity contribution in [3.63, 3.8) is 0 Å². The smallest absolute Gasteiger partial charge is 0.244 e. The highest BCUT2D eigenvalue weighted by atomic mass is 32.1. The van der Waals surface area contributed by atoms with Gasteiger partial charge in [-0.2, -0.15) is 12.6 Å². The summed E-state index contributed by atoms with van der Waals surface area (Å²) in [7, 11) is 0. The van der Waals surface area contributed by atoms with Crippen LogP contribution in [0.4, 0.5) is 0 Å². The molecule has 128 valence electrons. The Balaban J connectivity index is 0.00000211. The fourth-order valence-electron chi connectivity index (χ4n) is 1.93. The summed E-state index contributed by atoms with van der Waals surface area (Å²) in [4.78, 5) is 34.9. The molecular weight excluding hydrogens is 322 g/mol. The molecule has 1 aliphatic rings. The molecule has 22 heavy (non-hydrogen) atoms.